The summed E-state index contributed by atoms with van der Waals surface area (Å²) in [6, 6.07) is 8.20. The summed E-state index contributed by atoms with van der Waals surface area (Å²) in [5, 5.41) is 0. The van der Waals surface area contributed by atoms with Gasteiger partial charge in [-0.15, -0.1) is 11.8 Å². The molecule has 0 atom stereocenters. The van der Waals surface area contributed by atoms with Gasteiger partial charge in [-0.25, -0.2) is 9.97 Å². The molecule has 0 amide bonds. The molecule has 1 heterocycles. The van der Waals surface area contributed by atoms with E-state index in [0.29, 0.717) is 5.82 Å². The van der Waals surface area contributed by atoms with Crippen molar-refractivity contribution in [3.63, 3.8) is 0 Å². The predicted molar refractivity (Wildman–Crippen MR) is 84.3 cm³/mol. The van der Waals surface area contributed by atoms with Crippen LogP contribution in [0.15, 0.2) is 33.6 Å². The lowest BCUT2D eigenvalue weighted by molar-refractivity contribution is 0.924. The molecule has 0 saturated carbocycles. The Kier molecular flexibility index (Phi) is 4.82. The minimum Gasteiger partial charge on any atom is -0.383 e. The third-order valence-corrected chi connectivity index (χ3v) is 4.31. The average Bonchev–Trinajstić information content (AvgIpc) is 2.40. The van der Waals surface area contributed by atoms with Crippen LogP contribution in [-0.4, -0.2) is 9.97 Å². The van der Waals surface area contributed by atoms with Crippen LogP contribution in [0.25, 0.3) is 0 Å². The predicted octanol–water partition coefficient (Wildman–Crippen LogP) is 3.98. The number of hydrogen-bond acceptors (Lipinski definition) is 4. The van der Waals surface area contributed by atoms with Gasteiger partial charge in [-0.2, -0.15) is 0 Å². The summed E-state index contributed by atoms with van der Waals surface area (Å²) in [6.45, 7) is 4.05. The Morgan fingerprint density at radius 3 is 2.79 bits per heavy atom. The second-order valence-corrected chi connectivity index (χ2v) is 6.16. The number of nitrogens with zero attached hydrogens (tertiary/aromatic N) is 2. The fourth-order valence-electron chi connectivity index (χ4n) is 1.75. The van der Waals surface area contributed by atoms with Crippen LogP contribution in [0, 0.1) is 6.92 Å². The summed E-state index contributed by atoms with van der Waals surface area (Å²) in [7, 11) is 0. The molecule has 0 unspecified atom stereocenters. The molecular formula is C14H16BrN3S. The molecule has 0 bridgehead atoms. The molecule has 0 aliphatic heterocycles. The van der Waals surface area contributed by atoms with Crippen molar-refractivity contribution in [1.29, 1.82) is 0 Å². The number of aromatic nitrogens is 2. The number of rotatable bonds is 4. The van der Waals surface area contributed by atoms with Crippen molar-refractivity contribution in [3.8, 4) is 0 Å². The van der Waals surface area contributed by atoms with Crippen LogP contribution >= 0.6 is 27.7 Å². The highest BCUT2D eigenvalue weighted by Crippen LogP contribution is 2.25. The SMILES string of the molecule is CCc1nc(CSc2cccc(Br)c2)nc(N)c1C. The van der Waals surface area contributed by atoms with Gasteiger partial charge in [-0.3, -0.25) is 0 Å². The summed E-state index contributed by atoms with van der Waals surface area (Å²) < 4.78 is 1.08. The zero-order valence-electron chi connectivity index (χ0n) is 11.0. The molecule has 100 valence electrons. The van der Waals surface area contributed by atoms with E-state index in [1.165, 1.54) is 4.90 Å². The Balaban J connectivity index is 2.13. The second kappa shape index (κ2) is 6.39. The van der Waals surface area contributed by atoms with Crippen molar-refractivity contribution < 1.29 is 0 Å². The molecule has 2 aromatic rings. The standard InChI is InChI=1S/C14H16BrN3S/c1-3-12-9(2)14(16)18-13(17-12)8-19-11-6-4-5-10(15)7-11/h4-7H,3,8H2,1-2H3,(H2,16,17,18). The van der Waals surface area contributed by atoms with E-state index in [2.05, 4.69) is 45.0 Å². The lowest BCUT2D eigenvalue weighted by Gasteiger charge is -2.08. The number of anilines is 1. The molecule has 3 nitrogen and oxygen atoms in total. The average molecular weight is 338 g/mol. The van der Waals surface area contributed by atoms with E-state index in [1.807, 2.05) is 19.1 Å². The van der Waals surface area contributed by atoms with Crippen LogP contribution in [0.4, 0.5) is 5.82 Å². The highest BCUT2D eigenvalue weighted by Gasteiger charge is 2.07. The van der Waals surface area contributed by atoms with E-state index in [4.69, 9.17) is 5.73 Å². The maximum atomic E-state index is 5.92. The molecule has 2 rings (SSSR count). The van der Waals surface area contributed by atoms with Crippen LogP contribution < -0.4 is 5.73 Å². The van der Waals surface area contributed by atoms with E-state index in [1.54, 1.807) is 11.8 Å². The number of nitrogen functional groups attached to an aromatic ring is 1. The third kappa shape index (κ3) is 3.70. The molecule has 0 aliphatic carbocycles. The fourth-order valence-corrected chi connectivity index (χ4v) is 3.11. The van der Waals surface area contributed by atoms with Crippen molar-refractivity contribution in [1.82, 2.24) is 9.97 Å². The van der Waals surface area contributed by atoms with Crippen molar-refractivity contribution in [2.75, 3.05) is 5.73 Å². The van der Waals surface area contributed by atoms with E-state index in [9.17, 15) is 0 Å². The Bertz CT molecular complexity index is 587. The molecule has 1 aromatic carbocycles. The second-order valence-electron chi connectivity index (χ2n) is 4.20. The number of nitrogens with two attached hydrogens (primary N) is 1. The number of halogens is 1. The van der Waals surface area contributed by atoms with Crippen molar-refractivity contribution in [2.24, 2.45) is 0 Å². The summed E-state index contributed by atoms with van der Waals surface area (Å²) >= 11 is 5.18. The van der Waals surface area contributed by atoms with Gasteiger partial charge < -0.3 is 5.73 Å². The first-order chi connectivity index (χ1) is 9.10. The van der Waals surface area contributed by atoms with Crippen LogP contribution in [0.3, 0.4) is 0 Å². The maximum Gasteiger partial charge on any atom is 0.141 e. The smallest absolute Gasteiger partial charge is 0.141 e. The highest BCUT2D eigenvalue weighted by molar-refractivity contribution is 9.10. The van der Waals surface area contributed by atoms with E-state index < -0.39 is 0 Å². The Morgan fingerprint density at radius 1 is 1.32 bits per heavy atom. The van der Waals surface area contributed by atoms with Crippen LogP contribution in [0.5, 0.6) is 0 Å². The maximum absolute atomic E-state index is 5.92. The lowest BCUT2D eigenvalue weighted by atomic mass is 10.2. The minimum absolute atomic E-state index is 0.594. The van der Waals surface area contributed by atoms with E-state index in [-0.39, 0.29) is 0 Å². The number of benzene rings is 1. The van der Waals surface area contributed by atoms with Crippen LogP contribution in [-0.2, 0) is 12.2 Å². The first-order valence-corrected chi connectivity index (χ1v) is 7.88. The lowest BCUT2D eigenvalue weighted by Crippen LogP contribution is -2.05. The van der Waals surface area contributed by atoms with Gasteiger partial charge in [0, 0.05) is 20.6 Å². The van der Waals surface area contributed by atoms with E-state index in [0.717, 1.165) is 33.7 Å². The van der Waals surface area contributed by atoms with Gasteiger partial charge >= 0.3 is 0 Å². The van der Waals surface area contributed by atoms with Crippen molar-refractivity contribution >= 4 is 33.5 Å². The summed E-state index contributed by atoms with van der Waals surface area (Å²) in [4.78, 5) is 10.1. The van der Waals surface area contributed by atoms with Gasteiger partial charge in [-0.1, -0.05) is 28.9 Å². The Hall–Kier alpha value is -1.07. The zero-order chi connectivity index (χ0) is 13.8. The van der Waals surface area contributed by atoms with Gasteiger partial charge in [0.25, 0.3) is 0 Å². The normalized spacial score (nSPS) is 10.7. The monoisotopic (exact) mass is 337 g/mol. The molecule has 19 heavy (non-hydrogen) atoms. The van der Waals surface area contributed by atoms with Crippen molar-refractivity contribution in [3.05, 3.63) is 45.8 Å². The quantitative estimate of drug-likeness (QED) is 0.857. The van der Waals surface area contributed by atoms with Gasteiger partial charge in [0.15, 0.2) is 0 Å². The summed E-state index contributed by atoms with van der Waals surface area (Å²) in [5.41, 5.74) is 7.96. The minimum atomic E-state index is 0.594. The van der Waals surface area contributed by atoms with Crippen LogP contribution in [0.1, 0.15) is 24.0 Å². The molecule has 5 heteroatoms. The molecule has 0 aliphatic rings. The van der Waals surface area contributed by atoms with Gasteiger partial charge in [0.05, 0.1) is 5.75 Å². The molecule has 0 saturated heterocycles. The number of hydrogen-bond donors (Lipinski definition) is 1. The molecule has 1 aromatic heterocycles. The summed E-state index contributed by atoms with van der Waals surface area (Å²) in [6.07, 6.45) is 0.882. The van der Waals surface area contributed by atoms with E-state index >= 15 is 0 Å². The number of thioether (sulfide) groups is 1. The molecule has 0 spiro atoms. The summed E-state index contributed by atoms with van der Waals surface area (Å²) in [5.74, 6) is 2.12. The highest BCUT2D eigenvalue weighted by atomic mass is 79.9. The largest absolute Gasteiger partial charge is 0.383 e. The Morgan fingerprint density at radius 2 is 2.11 bits per heavy atom. The molecule has 0 fully saturated rings. The third-order valence-electron chi connectivity index (χ3n) is 2.83. The van der Waals surface area contributed by atoms with Gasteiger partial charge in [0.2, 0.25) is 0 Å². The zero-order valence-corrected chi connectivity index (χ0v) is 13.4. The molecular weight excluding hydrogens is 322 g/mol. The first-order valence-electron chi connectivity index (χ1n) is 6.10. The van der Waals surface area contributed by atoms with Gasteiger partial charge in [0.1, 0.15) is 11.6 Å². The van der Waals surface area contributed by atoms with Gasteiger partial charge in [-0.05, 0) is 31.5 Å². The molecule has 2 N–H and O–H groups in total. The van der Waals surface area contributed by atoms with Crippen molar-refractivity contribution in [2.45, 2.75) is 30.9 Å². The Labute approximate surface area is 126 Å². The molecule has 0 radical (unpaired) electrons. The first kappa shape index (κ1) is 14.3. The topological polar surface area (TPSA) is 51.8 Å². The van der Waals surface area contributed by atoms with Crippen LogP contribution in [0.2, 0.25) is 0 Å². The fraction of sp³-hybridized carbons (Fsp3) is 0.286. The number of aryl methyl sites for hydroxylation is 1.